The lowest BCUT2D eigenvalue weighted by Gasteiger charge is -2.32. The first-order chi connectivity index (χ1) is 8.53. The zero-order chi connectivity index (χ0) is 13.6. The molecule has 0 spiro atoms. The summed E-state index contributed by atoms with van der Waals surface area (Å²) in [5.74, 6) is 0.320. The lowest BCUT2D eigenvalue weighted by atomic mass is 9.73. The molecule has 0 radical (unpaired) electrons. The first kappa shape index (κ1) is 14.7. The Bertz CT molecular complexity index is 377. The molecule has 1 atom stereocenters. The van der Waals surface area contributed by atoms with Crippen LogP contribution in [0.25, 0.3) is 0 Å². The van der Waals surface area contributed by atoms with Crippen molar-refractivity contribution in [2.24, 2.45) is 5.41 Å². The average molecular weight is 248 g/mol. The fourth-order valence-corrected chi connectivity index (χ4v) is 2.28. The Morgan fingerprint density at radius 2 is 2.22 bits per heavy atom. The molecule has 100 valence electrons. The van der Waals surface area contributed by atoms with Gasteiger partial charge in [0.05, 0.1) is 6.61 Å². The van der Waals surface area contributed by atoms with Crippen LogP contribution in [0.1, 0.15) is 46.5 Å². The number of ketones is 1. The number of Topliss-reactive ketones (excluding diaryl/α,β-unsaturated/α-hetero) is 1. The van der Waals surface area contributed by atoms with Crippen LogP contribution in [-0.4, -0.2) is 12.4 Å². The Morgan fingerprint density at radius 1 is 1.50 bits per heavy atom. The molecular weight excluding hydrogens is 224 g/mol. The second-order valence-electron chi connectivity index (χ2n) is 5.03. The van der Waals surface area contributed by atoms with Crippen molar-refractivity contribution in [3.05, 3.63) is 36.1 Å². The van der Waals surface area contributed by atoms with Crippen LogP contribution in [-0.2, 0) is 9.53 Å². The normalized spacial score (nSPS) is 17.8. The number of ether oxygens (including phenoxy) is 1. The van der Waals surface area contributed by atoms with Crippen LogP contribution in [0.5, 0.6) is 0 Å². The third kappa shape index (κ3) is 3.59. The van der Waals surface area contributed by atoms with Crippen molar-refractivity contribution in [3.63, 3.8) is 0 Å². The van der Waals surface area contributed by atoms with E-state index in [2.05, 4.69) is 38.7 Å². The highest BCUT2D eigenvalue weighted by Gasteiger charge is 2.30. The largest absolute Gasteiger partial charge is 0.491 e. The monoisotopic (exact) mass is 248 g/mol. The van der Waals surface area contributed by atoms with Gasteiger partial charge in [-0.1, -0.05) is 44.2 Å². The van der Waals surface area contributed by atoms with Gasteiger partial charge in [0, 0.05) is 6.42 Å². The Labute approximate surface area is 110 Å². The topological polar surface area (TPSA) is 26.3 Å². The molecule has 0 saturated carbocycles. The van der Waals surface area contributed by atoms with Gasteiger partial charge in [0.2, 0.25) is 0 Å². The van der Waals surface area contributed by atoms with E-state index in [1.165, 1.54) is 5.57 Å². The zero-order valence-electron chi connectivity index (χ0n) is 11.8. The Kier molecular flexibility index (Phi) is 5.39. The SMILES string of the molecule is C=C(OCC)C(=O)CC(C)(CC)C1=CC=CCC1. The number of rotatable bonds is 7. The van der Waals surface area contributed by atoms with Gasteiger partial charge in [0.1, 0.15) is 0 Å². The van der Waals surface area contributed by atoms with Crippen LogP contribution in [0.2, 0.25) is 0 Å². The summed E-state index contributed by atoms with van der Waals surface area (Å²) < 4.78 is 5.20. The number of allylic oxidation sites excluding steroid dienone is 5. The average Bonchev–Trinajstić information content (AvgIpc) is 2.39. The van der Waals surface area contributed by atoms with Crippen LogP contribution in [0.3, 0.4) is 0 Å². The highest BCUT2D eigenvalue weighted by molar-refractivity contribution is 5.93. The van der Waals surface area contributed by atoms with Gasteiger partial charge >= 0.3 is 0 Å². The van der Waals surface area contributed by atoms with Gasteiger partial charge in [-0.05, 0) is 31.6 Å². The summed E-state index contributed by atoms with van der Waals surface area (Å²) in [6.07, 6.45) is 9.98. The number of carbonyl (C=O) groups is 1. The Balaban J connectivity index is 2.76. The van der Waals surface area contributed by atoms with E-state index in [0.717, 1.165) is 19.3 Å². The van der Waals surface area contributed by atoms with Crippen LogP contribution < -0.4 is 0 Å². The Hall–Kier alpha value is -1.31. The maximum Gasteiger partial charge on any atom is 0.197 e. The predicted molar refractivity (Wildman–Crippen MR) is 75.2 cm³/mol. The third-order valence-corrected chi connectivity index (χ3v) is 3.75. The molecule has 1 aliphatic carbocycles. The van der Waals surface area contributed by atoms with Crippen molar-refractivity contribution in [3.8, 4) is 0 Å². The van der Waals surface area contributed by atoms with Gasteiger partial charge < -0.3 is 4.74 Å². The van der Waals surface area contributed by atoms with Gasteiger partial charge in [-0.2, -0.15) is 0 Å². The predicted octanol–water partition coefficient (Wildman–Crippen LogP) is 4.19. The maximum absolute atomic E-state index is 12.1. The van der Waals surface area contributed by atoms with E-state index >= 15 is 0 Å². The summed E-state index contributed by atoms with van der Waals surface area (Å²) in [5.41, 5.74) is 1.30. The molecule has 1 rings (SSSR count). The number of hydrogen-bond acceptors (Lipinski definition) is 2. The van der Waals surface area contributed by atoms with E-state index in [4.69, 9.17) is 4.74 Å². The molecule has 2 nitrogen and oxygen atoms in total. The molecule has 0 bridgehead atoms. The first-order valence-corrected chi connectivity index (χ1v) is 6.74. The minimum absolute atomic E-state index is 0.0247. The maximum atomic E-state index is 12.1. The molecule has 0 aromatic carbocycles. The smallest absolute Gasteiger partial charge is 0.197 e. The molecule has 18 heavy (non-hydrogen) atoms. The standard InChI is InChI=1S/C16H24O2/c1-5-16(4,14-10-8-7-9-11-14)12-15(17)13(3)18-6-2/h7-8,10H,3,5-6,9,11-12H2,1-2,4H3. The first-order valence-electron chi connectivity index (χ1n) is 6.74. The molecule has 0 aliphatic heterocycles. The lowest BCUT2D eigenvalue weighted by Crippen LogP contribution is -2.24. The quantitative estimate of drug-likeness (QED) is 0.499. The summed E-state index contributed by atoms with van der Waals surface area (Å²) in [5, 5.41) is 0. The molecule has 0 amide bonds. The van der Waals surface area contributed by atoms with Crippen molar-refractivity contribution in [2.75, 3.05) is 6.61 Å². The lowest BCUT2D eigenvalue weighted by molar-refractivity contribution is -0.120. The number of carbonyl (C=O) groups excluding carboxylic acids is 1. The second-order valence-corrected chi connectivity index (χ2v) is 5.03. The molecule has 0 fully saturated rings. The minimum Gasteiger partial charge on any atom is -0.491 e. The molecular formula is C16H24O2. The molecule has 0 aromatic rings. The second kappa shape index (κ2) is 6.58. The fraction of sp³-hybridized carbons (Fsp3) is 0.562. The van der Waals surface area contributed by atoms with E-state index < -0.39 is 0 Å². The van der Waals surface area contributed by atoms with Crippen LogP contribution >= 0.6 is 0 Å². The molecule has 1 unspecified atom stereocenters. The molecule has 2 heteroatoms. The number of hydrogen-bond donors (Lipinski definition) is 0. The summed E-state index contributed by atoms with van der Waals surface area (Å²) >= 11 is 0. The van der Waals surface area contributed by atoms with Gasteiger partial charge in [-0.25, -0.2) is 0 Å². The highest BCUT2D eigenvalue weighted by Crippen LogP contribution is 2.39. The van der Waals surface area contributed by atoms with E-state index in [-0.39, 0.29) is 11.2 Å². The van der Waals surface area contributed by atoms with Gasteiger partial charge in [0.15, 0.2) is 11.5 Å². The Morgan fingerprint density at radius 3 is 2.72 bits per heavy atom. The fourth-order valence-electron chi connectivity index (χ4n) is 2.28. The minimum atomic E-state index is -0.0676. The van der Waals surface area contributed by atoms with E-state index in [0.29, 0.717) is 18.8 Å². The summed E-state index contributed by atoms with van der Waals surface area (Å²) in [4.78, 5) is 12.1. The van der Waals surface area contributed by atoms with Crippen LogP contribution in [0.4, 0.5) is 0 Å². The van der Waals surface area contributed by atoms with Gasteiger partial charge in [-0.15, -0.1) is 0 Å². The van der Waals surface area contributed by atoms with Crippen molar-refractivity contribution in [1.29, 1.82) is 0 Å². The molecule has 0 N–H and O–H groups in total. The van der Waals surface area contributed by atoms with Crippen LogP contribution in [0, 0.1) is 5.41 Å². The summed E-state index contributed by atoms with van der Waals surface area (Å²) in [7, 11) is 0. The van der Waals surface area contributed by atoms with E-state index in [1.54, 1.807) is 0 Å². The van der Waals surface area contributed by atoms with E-state index in [9.17, 15) is 4.79 Å². The highest BCUT2D eigenvalue weighted by atomic mass is 16.5. The van der Waals surface area contributed by atoms with Gasteiger partial charge in [0.25, 0.3) is 0 Å². The molecule has 0 aromatic heterocycles. The zero-order valence-corrected chi connectivity index (χ0v) is 11.8. The molecule has 1 aliphatic rings. The molecule has 0 heterocycles. The van der Waals surface area contributed by atoms with Crippen molar-refractivity contribution < 1.29 is 9.53 Å². The van der Waals surface area contributed by atoms with Gasteiger partial charge in [-0.3, -0.25) is 4.79 Å². The van der Waals surface area contributed by atoms with Crippen molar-refractivity contribution >= 4 is 5.78 Å². The summed E-state index contributed by atoms with van der Waals surface area (Å²) in [6.45, 7) is 10.4. The summed E-state index contributed by atoms with van der Waals surface area (Å²) in [6, 6.07) is 0. The van der Waals surface area contributed by atoms with Crippen LogP contribution in [0.15, 0.2) is 36.1 Å². The van der Waals surface area contributed by atoms with Crippen molar-refractivity contribution in [2.45, 2.75) is 46.5 Å². The molecule has 0 saturated heterocycles. The van der Waals surface area contributed by atoms with Crippen molar-refractivity contribution in [1.82, 2.24) is 0 Å². The third-order valence-electron chi connectivity index (χ3n) is 3.75. The van der Waals surface area contributed by atoms with E-state index in [1.807, 2.05) is 6.92 Å².